The average Bonchev–Trinajstić information content (AvgIpc) is 2.99. The Morgan fingerprint density at radius 3 is 2.40 bits per heavy atom. The van der Waals surface area contributed by atoms with Crippen LogP contribution in [-0.4, -0.2) is 18.2 Å². The molecule has 0 saturated carbocycles. The van der Waals surface area contributed by atoms with E-state index in [9.17, 15) is 8.42 Å². The van der Waals surface area contributed by atoms with Gasteiger partial charge >= 0.3 is 0 Å². The second kappa shape index (κ2) is 7.11. The first-order chi connectivity index (χ1) is 12.0. The van der Waals surface area contributed by atoms with E-state index in [4.69, 9.17) is 0 Å². The van der Waals surface area contributed by atoms with Crippen molar-refractivity contribution in [1.82, 2.24) is 9.78 Å². The Balaban J connectivity index is 1.91. The van der Waals surface area contributed by atoms with E-state index in [1.807, 2.05) is 55.5 Å². The van der Waals surface area contributed by atoms with Crippen LogP contribution in [0.3, 0.4) is 0 Å². The maximum absolute atomic E-state index is 12.8. The number of hydrogen-bond donors (Lipinski definition) is 1. The van der Waals surface area contributed by atoms with E-state index in [1.165, 1.54) is 6.20 Å². The number of nitrogens with one attached hydrogen (secondary N) is 1. The van der Waals surface area contributed by atoms with Crippen molar-refractivity contribution in [3.8, 4) is 0 Å². The van der Waals surface area contributed by atoms with E-state index < -0.39 is 10.0 Å². The van der Waals surface area contributed by atoms with Gasteiger partial charge in [0, 0.05) is 6.54 Å². The lowest BCUT2D eigenvalue weighted by Gasteiger charge is -2.13. The highest BCUT2D eigenvalue weighted by molar-refractivity contribution is 7.92. The predicted molar refractivity (Wildman–Crippen MR) is 99.1 cm³/mol. The van der Waals surface area contributed by atoms with Crippen molar-refractivity contribution in [2.75, 3.05) is 4.72 Å². The number of rotatable bonds is 6. The molecule has 3 aromatic rings. The molecule has 0 aliphatic heterocycles. The van der Waals surface area contributed by atoms with Crippen molar-refractivity contribution < 1.29 is 8.42 Å². The summed E-state index contributed by atoms with van der Waals surface area (Å²) in [5.74, 6) is 0. The van der Waals surface area contributed by atoms with Crippen molar-refractivity contribution in [3.05, 3.63) is 77.6 Å². The number of para-hydroxylation sites is 1. The largest absolute Gasteiger partial charge is 0.279 e. The summed E-state index contributed by atoms with van der Waals surface area (Å²) in [5.41, 5.74) is 3.28. The molecule has 1 aromatic heterocycles. The summed E-state index contributed by atoms with van der Waals surface area (Å²) in [7, 11) is -3.68. The highest BCUT2D eigenvalue weighted by atomic mass is 32.2. The van der Waals surface area contributed by atoms with Gasteiger partial charge in [0.15, 0.2) is 0 Å². The number of aromatic nitrogens is 2. The van der Waals surface area contributed by atoms with Crippen molar-refractivity contribution in [2.24, 2.45) is 0 Å². The van der Waals surface area contributed by atoms with Crippen LogP contribution in [0, 0.1) is 6.92 Å². The van der Waals surface area contributed by atoms with Gasteiger partial charge in [-0.25, -0.2) is 8.42 Å². The zero-order valence-corrected chi connectivity index (χ0v) is 15.1. The molecule has 0 saturated heterocycles. The normalized spacial score (nSPS) is 11.4. The van der Waals surface area contributed by atoms with Gasteiger partial charge in [-0.15, -0.1) is 0 Å². The van der Waals surface area contributed by atoms with Gasteiger partial charge in [0.05, 0.1) is 17.6 Å². The first-order valence-corrected chi connectivity index (χ1v) is 9.66. The second-order valence-corrected chi connectivity index (χ2v) is 7.49. The van der Waals surface area contributed by atoms with Gasteiger partial charge in [-0.2, -0.15) is 5.10 Å². The topological polar surface area (TPSA) is 64.0 Å². The van der Waals surface area contributed by atoms with Gasteiger partial charge in [0.1, 0.15) is 4.90 Å². The molecule has 0 radical (unpaired) electrons. The summed E-state index contributed by atoms with van der Waals surface area (Å²) in [6.45, 7) is 4.33. The van der Waals surface area contributed by atoms with Crippen molar-refractivity contribution in [3.63, 3.8) is 0 Å². The Morgan fingerprint density at radius 2 is 1.72 bits per heavy atom. The van der Waals surface area contributed by atoms with Gasteiger partial charge in [0.25, 0.3) is 10.0 Å². The monoisotopic (exact) mass is 355 g/mol. The first-order valence-electron chi connectivity index (χ1n) is 8.18. The standard InChI is InChI=1S/C19H21N3O2S/c1-3-22-15(2)19(14-20-22)25(23,24)21-18-12-8-7-11-17(18)13-16-9-5-4-6-10-16/h4-12,14,21H,3,13H2,1-2H3. The summed E-state index contributed by atoms with van der Waals surface area (Å²) in [6.07, 6.45) is 2.06. The van der Waals surface area contributed by atoms with Crippen LogP contribution in [0.25, 0.3) is 0 Å². The van der Waals surface area contributed by atoms with E-state index >= 15 is 0 Å². The molecule has 2 aromatic carbocycles. The zero-order valence-electron chi connectivity index (χ0n) is 14.3. The summed E-state index contributed by atoms with van der Waals surface area (Å²) < 4.78 is 30.0. The lowest BCUT2D eigenvalue weighted by atomic mass is 10.0. The van der Waals surface area contributed by atoms with Gasteiger partial charge in [0.2, 0.25) is 0 Å². The summed E-state index contributed by atoms with van der Waals surface area (Å²) in [4.78, 5) is 0.212. The van der Waals surface area contributed by atoms with Gasteiger partial charge in [-0.3, -0.25) is 9.40 Å². The maximum atomic E-state index is 12.8. The van der Waals surface area contributed by atoms with Crippen LogP contribution >= 0.6 is 0 Å². The minimum atomic E-state index is -3.68. The minimum absolute atomic E-state index is 0.212. The van der Waals surface area contributed by atoms with E-state index in [0.717, 1.165) is 11.1 Å². The second-order valence-electron chi connectivity index (χ2n) is 5.84. The zero-order chi connectivity index (χ0) is 17.9. The van der Waals surface area contributed by atoms with Crippen molar-refractivity contribution >= 4 is 15.7 Å². The molecular weight excluding hydrogens is 334 g/mol. The molecule has 0 amide bonds. The Hall–Kier alpha value is -2.60. The van der Waals surface area contributed by atoms with Crippen LogP contribution in [0.1, 0.15) is 23.7 Å². The van der Waals surface area contributed by atoms with E-state index in [0.29, 0.717) is 24.3 Å². The Kier molecular flexibility index (Phi) is 4.90. The molecule has 0 aliphatic carbocycles. The van der Waals surface area contributed by atoms with Crippen LogP contribution in [-0.2, 0) is 23.0 Å². The van der Waals surface area contributed by atoms with Crippen LogP contribution in [0.4, 0.5) is 5.69 Å². The lowest BCUT2D eigenvalue weighted by Crippen LogP contribution is -2.15. The van der Waals surface area contributed by atoms with Gasteiger partial charge < -0.3 is 0 Å². The Morgan fingerprint density at radius 1 is 1.04 bits per heavy atom. The van der Waals surface area contributed by atoms with Crippen LogP contribution in [0.15, 0.2) is 65.7 Å². The first kappa shape index (κ1) is 17.2. The van der Waals surface area contributed by atoms with Crippen molar-refractivity contribution in [2.45, 2.75) is 31.7 Å². The smallest absolute Gasteiger partial charge is 0.265 e. The molecule has 25 heavy (non-hydrogen) atoms. The number of anilines is 1. The molecule has 0 atom stereocenters. The molecule has 0 fully saturated rings. The molecule has 5 nitrogen and oxygen atoms in total. The van der Waals surface area contributed by atoms with Crippen LogP contribution < -0.4 is 4.72 Å². The van der Waals surface area contributed by atoms with Gasteiger partial charge in [-0.1, -0.05) is 48.5 Å². The summed E-state index contributed by atoms with van der Waals surface area (Å²) in [6, 6.07) is 17.4. The van der Waals surface area contributed by atoms with Crippen LogP contribution in [0.2, 0.25) is 0 Å². The highest BCUT2D eigenvalue weighted by Crippen LogP contribution is 2.24. The summed E-state index contributed by atoms with van der Waals surface area (Å²) >= 11 is 0. The third-order valence-electron chi connectivity index (χ3n) is 4.15. The molecule has 1 heterocycles. The van der Waals surface area contributed by atoms with E-state index in [2.05, 4.69) is 9.82 Å². The maximum Gasteiger partial charge on any atom is 0.265 e. The molecule has 1 N–H and O–H groups in total. The quantitative estimate of drug-likeness (QED) is 0.735. The SMILES string of the molecule is CCn1ncc(S(=O)(=O)Nc2ccccc2Cc2ccccc2)c1C. The molecule has 0 aliphatic rings. The minimum Gasteiger partial charge on any atom is -0.279 e. The van der Waals surface area contributed by atoms with Crippen LogP contribution in [0.5, 0.6) is 0 Å². The molecule has 130 valence electrons. The fourth-order valence-electron chi connectivity index (χ4n) is 2.80. The summed E-state index contributed by atoms with van der Waals surface area (Å²) in [5, 5.41) is 4.13. The predicted octanol–water partition coefficient (Wildman–Crippen LogP) is 3.60. The van der Waals surface area contributed by atoms with Gasteiger partial charge in [-0.05, 0) is 37.5 Å². The lowest BCUT2D eigenvalue weighted by molar-refractivity contribution is 0.598. The Bertz CT molecular complexity index is 963. The Labute approximate surface area is 148 Å². The third kappa shape index (κ3) is 3.74. The number of nitrogens with zero attached hydrogens (tertiary/aromatic N) is 2. The van der Waals surface area contributed by atoms with E-state index in [-0.39, 0.29) is 4.90 Å². The third-order valence-corrected chi connectivity index (χ3v) is 5.61. The average molecular weight is 355 g/mol. The molecule has 0 spiro atoms. The van der Waals surface area contributed by atoms with E-state index in [1.54, 1.807) is 17.7 Å². The number of aryl methyl sites for hydroxylation is 1. The fourth-order valence-corrected chi connectivity index (χ4v) is 4.08. The number of sulfonamides is 1. The van der Waals surface area contributed by atoms with Crippen molar-refractivity contribution in [1.29, 1.82) is 0 Å². The number of hydrogen-bond acceptors (Lipinski definition) is 3. The molecule has 3 rings (SSSR count). The highest BCUT2D eigenvalue weighted by Gasteiger charge is 2.21. The number of benzene rings is 2. The molecular formula is C19H21N3O2S. The molecule has 6 heteroatoms. The fraction of sp³-hybridized carbons (Fsp3) is 0.211. The molecule has 0 bridgehead atoms. The molecule has 0 unspecified atom stereocenters.